The van der Waals surface area contributed by atoms with Crippen molar-refractivity contribution in [2.75, 3.05) is 27.4 Å². The molecule has 7 nitrogen and oxygen atoms in total. The van der Waals surface area contributed by atoms with Crippen molar-refractivity contribution in [1.82, 2.24) is 0 Å². The largest absolute Gasteiger partial charge is 0.481 e. The molecule has 0 N–H and O–H groups in total. The molecule has 0 aromatic rings. The van der Waals surface area contributed by atoms with Crippen LogP contribution in [0.25, 0.3) is 0 Å². The maximum atomic E-state index is 14.1. The molecule has 0 aromatic heterocycles. The van der Waals surface area contributed by atoms with Crippen molar-refractivity contribution in [3.05, 3.63) is 35.1 Å². The normalized spacial score (nSPS) is 17.2. The van der Waals surface area contributed by atoms with Gasteiger partial charge in [0, 0.05) is 26.3 Å². The molecule has 0 aromatic carbocycles. The Morgan fingerprint density at radius 2 is 2.03 bits per heavy atom. The number of allylic oxidation sites excluding steroid dienone is 4. The third kappa shape index (κ3) is 8.82. The molecular formula is C23H34F2N4O3. The van der Waals surface area contributed by atoms with Crippen LogP contribution >= 0.6 is 0 Å². The minimum Gasteiger partial charge on any atom is -0.481 e. The molecule has 178 valence electrons. The second-order valence-corrected chi connectivity index (χ2v) is 6.95. The molecule has 1 unspecified atom stereocenters. The molecule has 0 radical (unpaired) electrons. The predicted molar refractivity (Wildman–Crippen MR) is 126 cm³/mol. The molecule has 0 spiro atoms. The van der Waals surface area contributed by atoms with E-state index in [9.17, 15) is 8.78 Å². The fraction of sp³-hybridized carbons (Fsp3) is 0.565. The third-order valence-corrected chi connectivity index (χ3v) is 4.53. The van der Waals surface area contributed by atoms with Crippen molar-refractivity contribution in [1.29, 1.82) is 0 Å². The minimum absolute atomic E-state index is 0.00969. The second kappa shape index (κ2) is 14.4. The van der Waals surface area contributed by atoms with Crippen LogP contribution < -0.4 is 0 Å². The maximum absolute atomic E-state index is 14.1. The number of methoxy groups -OCH3 is 2. The highest BCUT2D eigenvalue weighted by Gasteiger charge is 2.34. The standard InChI is InChI=1S/C23H34F2N4O3/c1-7-19(22(31-6)27-9-3)17(4)13-21(29-16-26-8-2)32-18-11-10-12-20(28-14-18)23(24,25)15-30-5/h9,11-12,14,16-17H,7-8,10,13,15H2,1-6H3/b22-19-,26-16-,27-9-,29-21+. The van der Waals surface area contributed by atoms with Gasteiger partial charge in [0.15, 0.2) is 5.90 Å². The second-order valence-electron chi connectivity index (χ2n) is 6.95. The first kappa shape index (κ1) is 27.4. The lowest BCUT2D eigenvalue weighted by Gasteiger charge is -2.18. The summed E-state index contributed by atoms with van der Waals surface area (Å²) in [5, 5.41) is 0. The van der Waals surface area contributed by atoms with Crippen LogP contribution in [0.2, 0.25) is 0 Å². The van der Waals surface area contributed by atoms with Gasteiger partial charge in [-0.15, -0.1) is 0 Å². The summed E-state index contributed by atoms with van der Waals surface area (Å²) in [7, 11) is 2.81. The highest BCUT2D eigenvalue weighted by Crippen LogP contribution is 2.28. The van der Waals surface area contributed by atoms with Crippen LogP contribution in [-0.4, -0.2) is 58.0 Å². The Labute approximate surface area is 189 Å². The fourth-order valence-corrected chi connectivity index (χ4v) is 3.02. The molecule has 0 saturated heterocycles. The van der Waals surface area contributed by atoms with E-state index in [-0.39, 0.29) is 18.0 Å². The van der Waals surface area contributed by atoms with Crippen LogP contribution in [0.3, 0.4) is 0 Å². The summed E-state index contributed by atoms with van der Waals surface area (Å²) in [5.74, 6) is -1.88. The molecule has 1 rings (SSSR count). The van der Waals surface area contributed by atoms with E-state index in [1.807, 2.05) is 27.7 Å². The molecular weight excluding hydrogens is 418 g/mol. The van der Waals surface area contributed by atoms with E-state index in [1.165, 1.54) is 25.7 Å². The first-order valence-electron chi connectivity index (χ1n) is 10.6. The Bertz CT molecular complexity index is 812. The Hall–Kier alpha value is -2.68. The molecule has 1 aliphatic rings. The number of ether oxygens (including phenoxy) is 3. The Morgan fingerprint density at radius 3 is 2.62 bits per heavy atom. The molecule has 9 heteroatoms. The Kier molecular flexibility index (Phi) is 12.3. The van der Waals surface area contributed by atoms with Crippen LogP contribution in [0.5, 0.6) is 0 Å². The summed E-state index contributed by atoms with van der Waals surface area (Å²) >= 11 is 0. The first-order chi connectivity index (χ1) is 15.3. The first-order valence-corrected chi connectivity index (χ1v) is 10.6. The van der Waals surface area contributed by atoms with Crippen molar-refractivity contribution >= 4 is 24.7 Å². The van der Waals surface area contributed by atoms with Gasteiger partial charge in [0.05, 0.1) is 13.3 Å². The molecule has 1 atom stereocenters. The summed E-state index contributed by atoms with van der Waals surface area (Å²) in [6.45, 7) is 7.62. The van der Waals surface area contributed by atoms with E-state index in [0.29, 0.717) is 30.5 Å². The summed E-state index contributed by atoms with van der Waals surface area (Å²) in [4.78, 5) is 16.7. The summed E-state index contributed by atoms with van der Waals surface area (Å²) in [6.07, 6.45) is 8.85. The van der Waals surface area contributed by atoms with E-state index in [1.54, 1.807) is 19.4 Å². The number of alkyl halides is 2. The van der Waals surface area contributed by atoms with E-state index in [4.69, 9.17) is 9.47 Å². The van der Waals surface area contributed by atoms with Crippen molar-refractivity contribution in [2.45, 2.75) is 52.9 Å². The summed E-state index contributed by atoms with van der Waals surface area (Å²) in [5.41, 5.74) is 0.660. The third-order valence-electron chi connectivity index (χ3n) is 4.53. The number of halogens is 2. The van der Waals surface area contributed by atoms with Crippen LogP contribution in [0, 0.1) is 5.92 Å². The average Bonchev–Trinajstić information content (AvgIpc) is 3.00. The smallest absolute Gasteiger partial charge is 0.312 e. The number of nitrogens with zero attached hydrogens (tertiary/aromatic N) is 4. The van der Waals surface area contributed by atoms with Gasteiger partial charge in [0.2, 0.25) is 5.88 Å². The van der Waals surface area contributed by atoms with Gasteiger partial charge in [-0.2, -0.15) is 8.78 Å². The SMILES string of the molecule is C/C=N\C(OC)=C(/CC)C(C)C/C(=N\C=N/CC)OC1=CCC=C(C(F)(F)COC)N=C1. The predicted octanol–water partition coefficient (Wildman–Crippen LogP) is 5.36. The van der Waals surface area contributed by atoms with E-state index >= 15 is 0 Å². The van der Waals surface area contributed by atoms with Crippen molar-refractivity contribution in [2.24, 2.45) is 25.9 Å². The topological polar surface area (TPSA) is 77.1 Å². The number of rotatable bonds is 12. The number of aliphatic imine (C=N–C) groups is 4. The van der Waals surface area contributed by atoms with Gasteiger partial charge >= 0.3 is 5.92 Å². The van der Waals surface area contributed by atoms with Gasteiger partial charge in [0.1, 0.15) is 24.4 Å². The van der Waals surface area contributed by atoms with Crippen LogP contribution in [0.15, 0.2) is 55.0 Å². The molecule has 0 amide bonds. The van der Waals surface area contributed by atoms with Crippen molar-refractivity contribution in [3.8, 4) is 0 Å². The lowest BCUT2D eigenvalue weighted by atomic mass is 9.95. The quantitative estimate of drug-likeness (QED) is 0.227. The molecule has 0 saturated carbocycles. The van der Waals surface area contributed by atoms with E-state index in [2.05, 4.69) is 24.7 Å². The Balaban J connectivity index is 3.08. The Morgan fingerprint density at radius 1 is 1.28 bits per heavy atom. The maximum Gasteiger partial charge on any atom is 0.312 e. The van der Waals surface area contributed by atoms with Gasteiger partial charge in [-0.25, -0.2) is 9.98 Å². The highest BCUT2D eigenvalue weighted by molar-refractivity contribution is 5.89. The monoisotopic (exact) mass is 452 g/mol. The summed E-state index contributed by atoms with van der Waals surface area (Å²) < 4.78 is 44.2. The lowest BCUT2D eigenvalue weighted by Crippen LogP contribution is -2.24. The highest BCUT2D eigenvalue weighted by atomic mass is 19.3. The van der Waals surface area contributed by atoms with Gasteiger partial charge in [-0.1, -0.05) is 19.9 Å². The summed E-state index contributed by atoms with van der Waals surface area (Å²) in [6, 6.07) is 0. The molecule has 1 aliphatic heterocycles. The zero-order valence-electron chi connectivity index (χ0n) is 19.8. The molecule has 0 fully saturated rings. The minimum atomic E-state index is -3.18. The van der Waals surface area contributed by atoms with Gasteiger partial charge in [-0.3, -0.25) is 9.98 Å². The zero-order chi connectivity index (χ0) is 24.0. The molecule has 1 heterocycles. The fourth-order valence-electron chi connectivity index (χ4n) is 3.02. The number of hydrogen-bond donors (Lipinski definition) is 0. The van der Waals surface area contributed by atoms with Crippen LogP contribution in [0.4, 0.5) is 8.78 Å². The van der Waals surface area contributed by atoms with Gasteiger partial charge < -0.3 is 14.2 Å². The van der Waals surface area contributed by atoms with Crippen molar-refractivity contribution in [3.63, 3.8) is 0 Å². The average molecular weight is 453 g/mol. The van der Waals surface area contributed by atoms with Crippen LogP contribution in [-0.2, 0) is 14.2 Å². The van der Waals surface area contributed by atoms with Gasteiger partial charge in [-0.05, 0) is 44.3 Å². The van der Waals surface area contributed by atoms with Gasteiger partial charge in [0.25, 0.3) is 0 Å². The van der Waals surface area contributed by atoms with E-state index < -0.39 is 12.5 Å². The molecule has 32 heavy (non-hydrogen) atoms. The van der Waals surface area contributed by atoms with Crippen LogP contribution in [0.1, 0.15) is 47.0 Å². The molecule has 0 bridgehead atoms. The van der Waals surface area contributed by atoms with E-state index in [0.717, 1.165) is 12.0 Å². The zero-order valence-corrected chi connectivity index (χ0v) is 19.8. The molecule has 0 aliphatic carbocycles. The number of hydrogen-bond acceptors (Lipinski definition) is 6. The lowest BCUT2D eigenvalue weighted by molar-refractivity contribution is -0.0338. The van der Waals surface area contributed by atoms with Crippen molar-refractivity contribution < 1.29 is 23.0 Å².